The van der Waals surface area contributed by atoms with E-state index >= 15 is 0 Å². The van der Waals surface area contributed by atoms with E-state index in [4.69, 9.17) is 26.8 Å². The van der Waals surface area contributed by atoms with Crippen LogP contribution in [-0.2, 0) is 13.0 Å². The molecule has 0 aliphatic heterocycles. The molecule has 0 aliphatic rings. The lowest BCUT2D eigenvalue weighted by atomic mass is 10.1. The number of rotatable bonds is 6. The van der Waals surface area contributed by atoms with Gasteiger partial charge in [-0.05, 0) is 37.2 Å². The van der Waals surface area contributed by atoms with Crippen LogP contribution in [0.3, 0.4) is 0 Å². The van der Waals surface area contributed by atoms with Gasteiger partial charge in [0.05, 0.1) is 7.11 Å². The summed E-state index contributed by atoms with van der Waals surface area (Å²) >= 11 is 6.13. The summed E-state index contributed by atoms with van der Waals surface area (Å²) in [5.41, 5.74) is 6.87. The Bertz CT molecular complexity index is 619. The molecule has 21 heavy (non-hydrogen) atoms. The molecular formula is C16H17ClFNO2. The van der Waals surface area contributed by atoms with E-state index in [1.54, 1.807) is 30.3 Å². The maximum Gasteiger partial charge on any atom is 0.133 e. The molecule has 2 N–H and O–H groups in total. The van der Waals surface area contributed by atoms with Gasteiger partial charge in [-0.2, -0.15) is 0 Å². The van der Waals surface area contributed by atoms with Gasteiger partial charge in [-0.3, -0.25) is 0 Å². The average molecular weight is 310 g/mol. The molecule has 0 atom stereocenters. The summed E-state index contributed by atoms with van der Waals surface area (Å²) in [5.74, 6) is 0.739. The number of halogens is 2. The van der Waals surface area contributed by atoms with Gasteiger partial charge in [0.25, 0.3) is 0 Å². The smallest absolute Gasteiger partial charge is 0.133 e. The highest BCUT2D eigenvalue weighted by Crippen LogP contribution is 2.28. The van der Waals surface area contributed by atoms with Gasteiger partial charge in [0, 0.05) is 22.2 Å². The van der Waals surface area contributed by atoms with Gasteiger partial charge in [0.1, 0.15) is 23.9 Å². The van der Waals surface area contributed by atoms with Crippen molar-refractivity contribution in [3.05, 3.63) is 58.4 Å². The summed E-state index contributed by atoms with van der Waals surface area (Å²) in [4.78, 5) is 0. The van der Waals surface area contributed by atoms with E-state index in [0.29, 0.717) is 35.1 Å². The minimum atomic E-state index is -0.364. The van der Waals surface area contributed by atoms with Crippen molar-refractivity contribution in [1.29, 1.82) is 0 Å². The molecule has 112 valence electrons. The third-order valence-corrected chi connectivity index (χ3v) is 3.47. The van der Waals surface area contributed by atoms with Crippen LogP contribution in [-0.4, -0.2) is 13.7 Å². The molecule has 0 spiro atoms. The number of hydrogen-bond donors (Lipinski definition) is 1. The van der Waals surface area contributed by atoms with Crippen molar-refractivity contribution < 1.29 is 13.9 Å². The third-order valence-electron chi connectivity index (χ3n) is 3.11. The predicted octanol–water partition coefficient (Wildman–Crippen LogP) is 3.57. The largest absolute Gasteiger partial charge is 0.497 e. The highest BCUT2D eigenvalue weighted by atomic mass is 35.5. The molecule has 0 fully saturated rings. The Balaban J connectivity index is 2.15. The minimum absolute atomic E-state index is 0.119. The highest BCUT2D eigenvalue weighted by molar-refractivity contribution is 6.31. The Hall–Kier alpha value is -1.78. The molecule has 2 aromatic rings. The monoisotopic (exact) mass is 309 g/mol. The summed E-state index contributed by atoms with van der Waals surface area (Å²) in [5, 5.41) is 0.605. The van der Waals surface area contributed by atoms with Gasteiger partial charge in [-0.1, -0.05) is 17.7 Å². The zero-order chi connectivity index (χ0) is 15.2. The zero-order valence-electron chi connectivity index (χ0n) is 11.7. The SMILES string of the molecule is COc1ccc(COc2cccc(Cl)c2CCN)c(F)c1. The first-order chi connectivity index (χ1) is 10.2. The van der Waals surface area contributed by atoms with Crippen LogP contribution in [0.4, 0.5) is 4.39 Å². The van der Waals surface area contributed by atoms with Crippen LogP contribution >= 0.6 is 11.6 Å². The number of benzene rings is 2. The molecule has 0 aliphatic carbocycles. The van der Waals surface area contributed by atoms with Crippen molar-refractivity contribution in [2.24, 2.45) is 5.73 Å². The fourth-order valence-electron chi connectivity index (χ4n) is 1.99. The van der Waals surface area contributed by atoms with Crippen LogP contribution in [0.1, 0.15) is 11.1 Å². The number of nitrogens with two attached hydrogens (primary N) is 1. The van der Waals surface area contributed by atoms with Crippen molar-refractivity contribution in [3.8, 4) is 11.5 Å². The summed E-state index contributed by atoms with van der Waals surface area (Å²) in [6, 6.07) is 10.0. The molecule has 2 rings (SSSR count). The summed E-state index contributed by atoms with van der Waals surface area (Å²) in [7, 11) is 1.50. The second-order valence-electron chi connectivity index (χ2n) is 4.50. The van der Waals surface area contributed by atoms with Gasteiger partial charge in [0.15, 0.2) is 0 Å². The van der Waals surface area contributed by atoms with E-state index in [9.17, 15) is 4.39 Å². The second-order valence-corrected chi connectivity index (χ2v) is 4.91. The van der Waals surface area contributed by atoms with Gasteiger partial charge in [-0.15, -0.1) is 0 Å². The first-order valence-corrected chi connectivity index (χ1v) is 6.96. The Kier molecular flexibility index (Phi) is 5.42. The fraction of sp³-hybridized carbons (Fsp3) is 0.250. The molecule has 0 saturated heterocycles. The number of ether oxygens (including phenoxy) is 2. The van der Waals surface area contributed by atoms with Crippen LogP contribution in [0.25, 0.3) is 0 Å². The van der Waals surface area contributed by atoms with Crippen LogP contribution in [0, 0.1) is 5.82 Å². The van der Waals surface area contributed by atoms with Crippen LogP contribution < -0.4 is 15.2 Å². The van der Waals surface area contributed by atoms with E-state index in [1.807, 2.05) is 0 Å². The summed E-state index contributed by atoms with van der Waals surface area (Å²) < 4.78 is 24.5. The Morgan fingerprint density at radius 3 is 2.71 bits per heavy atom. The topological polar surface area (TPSA) is 44.5 Å². The molecule has 0 unspecified atom stereocenters. The summed E-state index contributed by atoms with van der Waals surface area (Å²) in [6.45, 7) is 0.588. The maximum atomic E-state index is 13.9. The molecule has 0 bridgehead atoms. The van der Waals surface area contributed by atoms with Crippen molar-refractivity contribution in [2.75, 3.05) is 13.7 Å². The molecule has 2 aromatic carbocycles. The van der Waals surface area contributed by atoms with Crippen molar-refractivity contribution >= 4 is 11.6 Å². The van der Waals surface area contributed by atoms with Gasteiger partial charge >= 0.3 is 0 Å². The first kappa shape index (κ1) is 15.6. The fourth-order valence-corrected chi connectivity index (χ4v) is 2.25. The standard InChI is InChI=1S/C16H17ClFNO2/c1-20-12-6-5-11(15(18)9-12)10-21-16-4-2-3-14(17)13(16)7-8-19/h2-6,9H,7-8,10,19H2,1H3. The normalized spacial score (nSPS) is 10.5. The highest BCUT2D eigenvalue weighted by Gasteiger charge is 2.10. The lowest BCUT2D eigenvalue weighted by Crippen LogP contribution is -2.06. The number of methoxy groups -OCH3 is 1. The van der Waals surface area contributed by atoms with E-state index in [-0.39, 0.29) is 12.4 Å². The lowest BCUT2D eigenvalue weighted by Gasteiger charge is -2.13. The molecule has 5 heteroatoms. The van der Waals surface area contributed by atoms with E-state index < -0.39 is 0 Å². The molecule has 0 radical (unpaired) electrons. The molecule has 3 nitrogen and oxygen atoms in total. The Labute approximate surface area is 128 Å². The van der Waals surface area contributed by atoms with Crippen molar-refractivity contribution in [3.63, 3.8) is 0 Å². The predicted molar refractivity (Wildman–Crippen MR) is 81.5 cm³/mol. The Morgan fingerprint density at radius 1 is 1.24 bits per heavy atom. The average Bonchev–Trinajstić information content (AvgIpc) is 2.49. The lowest BCUT2D eigenvalue weighted by molar-refractivity contribution is 0.296. The minimum Gasteiger partial charge on any atom is -0.497 e. The maximum absolute atomic E-state index is 13.9. The molecule has 0 amide bonds. The summed E-state index contributed by atoms with van der Waals surface area (Å²) in [6.07, 6.45) is 0.611. The second kappa shape index (κ2) is 7.29. The zero-order valence-corrected chi connectivity index (χ0v) is 12.5. The first-order valence-electron chi connectivity index (χ1n) is 6.58. The quantitative estimate of drug-likeness (QED) is 0.887. The van der Waals surface area contributed by atoms with Gasteiger partial charge in [0.2, 0.25) is 0 Å². The van der Waals surface area contributed by atoms with Crippen molar-refractivity contribution in [1.82, 2.24) is 0 Å². The molecular weight excluding hydrogens is 293 g/mol. The van der Waals surface area contributed by atoms with Gasteiger partial charge in [-0.25, -0.2) is 4.39 Å². The third kappa shape index (κ3) is 3.86. The van der Waals surface area contributed by atoms with E-state index in [1.165, 1.54) is 13.2 Å². The van der Waals surface area contributed by atoms with Crippen LogP contribution in [0.5, 0.6) is 11.5 Å². The molecule has 0 saturated carbocycles. The number of hydrogen-bond acceptors (Lipinski definition) is 3. The van der Waals surface area contributed by atoms with Crippen LogP contribution in [0.2, 0.25) is 5.02 Å². The van der Waals surface area contributed by atoms with E-state index in [0.717, 1.165) is 5.56 Å². The van der Waals surface area contributed by atoms with E-state index in [2.05, 4.69) is 0 Å². The van der Waals surface area contributed by atoms with Crippen LogP contribution in [0.15, 0.2) is 36.4 Å². The van der Waals surface area contributed by atoms with Gasteiger partial charge < -0.3 is 15.2 Å². The Morgan fingerprint density at radius 2 is 2.05 bits per heavy atom. The molecule has 0 aromatic heterocycles. The van der Waals surface area contributed by atoms with Crippen molar-refractivity contribution in [2.45, 2.75) is 13.0 Å². The molecule has 0 heterocycles.